The van der Waals surface area contributed by atoms with Gasteiger partial charge in [0.1, 0.15) is 23.9 Å². The fourth-order valence-corrected chi connectivity index (χ4v) is 3.92. The van der Waals surface area contributed by atoms with Gasteiger partial charge in [-0.25, -0.2) is 4.39 Å². The van der Waals surface area contributed by atoms with Crippen molar-refractivity contribution < 1.29 is 28.2 Å². The SMILES string of the molecule is O=c1cc(-c2cc(F)c(Br)cc2OCCO[C@H]2C[C@H](C(=O)O)C2)oc2c(Cl)cccc12. The van der Waals surface area contributed by atoms with Crippen LogP contribution < -0.4 is 10.2 Å². The number of halogens is 3. The molecule has 1 heterocycles. The maximum atomic E-state index is 14.3. The third-order valence-corrected chi connectivity index (χ3v) is 6.04. The molecule has 9 heteroatoms. The van der Waals surface area contributed by atoms with Gasteiger partial charge in [0.05, 0.1) is 39.1 Å². The average Bonchev–Trinajstić information content (AvgIpc) is 2.69. The molecule has 0 bridgehead atoms. The van der Waals surface area contributed by atoms with Crippen LogP contribution >= 0.6 is 27.5 Å². The Hall–Kier alpha value is -2.42. The summed E-state index contributed by atoms with van der Waals surface area (Å²) < 4.78 is 31.7. The molecule has 0 saturated heterocycles. The molecule has 2 aromatic carbocycles. The van der Waals surface area contributed by atoms with Gasteiger partial charge in [-0.15, -0.1) is 0 Å². The van der Waals surface area contributed by atoms with Crippen molar-refractivity contribution in [2.75, 3.05) is 13.2 Å². The highest BCUT2D eigenvalue weighted by Gasteiger charge is 2.35. The fourth-order valence-electron chi connectivity index (χ4n) is 3.39. The van der Waals surface area contributed by atoms with Crippen molar-refractivity contribution in [2.24, 2.45) is 5.92 Å². The first-order valence-electron chi connectivity index (χ1n) is 9.52. The van der Waals surface area contributed by atoms with Crippen molar-refractivity contribution in [3.05, 3.63) is 61.9 Å². The van der Waals surface area contributed by atoms with E-state index in [1.165, 1.54) is 18.2 Å². The van der Waals surface area contributed by atoms with E-state index in [4.69, 9.17) is 30.6 Å². The summed E-state index contributed by atoms with van der Waals surface area (Å²) in [6.07, 6.45) is 0.849. The van der Waals surface area contributed by atoms with Crippen LogP contribution in [0.4, 0.5) is 4.39 Å². The molecular formula is C22H17BrClFO6. The van der Waals surface area contributed by atoms with Gasteiger partial charge in [-0.3, -0.25) is 9.59 Å². The Morgan fingerprint density at radius 2 is 2.03 bits per heavy atom. The zero-order valence-electron chi connectivity index (χ0n) is 16.1. The summed E-state index contributed by atoms with van der Waals surface area (Å²) in [5.74, 6) is -1.29. The van der Waals surface area contributed by atoms with Gasteiger partial charge < -0.3 is 19.0 Å². The summed E-state index contributed by atoms with van der Waals surface area (Å²) in [5, 5.41) is 9.50. The molecule has 6 nitrogen and oxygen atoms in total. The van der Waals surface area contributed by atoms with E-state index in [9.17, 15) is 14.0 Å². The lowest BCUT2D eigenvalue weighted by molar-refractivity contribution is -0.151. The number of hydrogen-bond donors (Lipinski definition) is 1. The number of carboxylic acids is 1. The van der Waals surface area contributed by atoms with Crippen LogP contribution in [0.15, 0.2) is 50.1 Å². The first-order chi connectivity index (χ1) is 14.8. The van der Waals surface area contributed by atoms with Gasteiger partial charge in [0.15, 0.2) is 11.0 Å². The predicted octanol–water partition coefficient (Wildman–Crippen LogP) is 5.27. The minimum atomic E-state index is -0.811. The maximum absolute atomic E-state index is 14.3. The Morgan fingerprint density at radius 3 is 2.77 bits per heavy atom. The molecule has 0 spiro atoms. The normalized spacial score (nSPS) is 18.0. The number of benzene rings is 2. The quantitative estimate of drug-likeness (QED) is 0.435. The minimum Gasteiger partial charge on any atom is -0.490 e. The average molecular weight is 512 g/mol. The number of carboxylic acid groups (broad SMARTS) is 1. The molecule has 0 atom stereocenters. The molecule has 1 fully saturated rings. The number of ether oxygens (including phenoxy) is 2. The van der Waals surface area contributed by atoms with Crippen molar-refractivity contribution in [2.45, 2.75) is 18.9 Å². The van der Waals surface area contributed by atoms with Crippen molar-refractivity contribution in [3.8, 4) is 17.1 Å². The zero-order chi connectivity index (χ0) is 22.1. The highest BCUT2D eigenvalue weighted by Crippen LogP contribution is 2.36. The second kappa shape index (κ2) is 8.98. The van der Waals surface area contributed by atoms with Gasteiger partial charge in [-0.05, 0) is 53.0 Å². The first kappa shape index (κ1) is 21.8. The summed E-state index contributed by atoms with van der Waals surface area (Å²) in [7, 11) is 0. The molecule has 1 aromatic heterocycles. The van der Waals surface area contributed by atoms with Crippen molar-refractivity contribution in [3.63, 3.8) is 0 Å². The van der Waals surface area contributed by atoms with Crippen LogP contribution in [0.1, 0.15) is 12.8 Å². The summed E-state index contributed by atoms with van der Waals surface area (Å²) in [6, 6.07) is 8.78. The van der Waals surface area contributed by atoms with Crippen LogP contribution in [0.2, 0.25) is 5.02 Å². The Kier molecular flexibility index (Phi) is 6.31. The lowest BCUT2D eigenvalue weighted by atomic mass is 9.82. The molecule has 4 rings (SSSR count). The summed E-state index contributed by atoms with van der Waals surface area (Å²) >= 11 is 9.30. The number of carbonyl (C=O) groups is 1. The van der Waals surface area contributed by atoms with Crippen molar-refractivity contribution in [1.29, 1.82) is 0 Å². The van der Waals surface area contributed by atoms with Crippen LogP contribution in [0.25, 0.3) is 22.3 Å². The molecule has 1 aliphatic rings. The van der Waals surface area contributed by atoms with Crippen molar-refractivity contribution in [1.82, 2.24) is 0 Å². The molecule has 1 saturated carbocycles. The topological polar surface area (TPSA) is 86.0 Å². The van der Waals surface area contributed by atoms with E-state index >= 15 is 0 Å². The third kappa shape index (κ3) is 4.61. The van der Waals surface area contributed by atoms with Crippen LogP contribution in [0, 0.1) is 11.7 Å². The minimum absolute atomic E-state index is 0.107. The third-order valence-electron chi connectivity index (χ3n) is 5.13. The second-order valence-electron chi connectivity index (χ2n) is 7.20. The predicted molar refractivity (Wildman–Crippen MR) is 116 cm³/mol. The Labute approximate surface area is 189 Å². The Bertz CT molecular complexity index is 1200. The monoisotopic (exact) mass is 510 g/mol. The molecule has 31 heavy (non-hydrogen) atoms. The first-order valence-corrected chi connectivity index (χ1v) is 10.7. The summed E-state index contributed by atoms with van der Waals surface area (Å²) in [5.41, 5.74) is 0.158. The molecule has 162 valence electrons. The summed E-state index contributed by atoms with van der Waals surface area (Å²) in [4.78, 5) is 23.4. The fraction of sp³-hybridized carbons (Fsp3) is 0.273. The number of aliphatic carboxylic acids is 1. The smallest absolute Gasteiger partial charge is 0.306 e. The number of hydrogen-bond acceptors (Lipinski definition) is 5. The summed E-state index contributed by atoms with van der Waals surface area (Å²) in [6.45, 7) is 0.386. The lowest BCUT2D eigenvalue weighted by Crippen LogP contribution is -2.37. The Balaban J connectivity index is 1.54. The number of fused-ring (bicyclic) bond motifs is 1. The van der Waals surface area contributed by atoms with E-state index in [-0.39, 0.29) is 57.1 Å². The largest absolute Gasteiger partial charge is 0.490 e. The lowest BCUT2D eigenvalue weighted by Gasteiger charge is -2.32. The van der Waals surface area contributed by atoms with E-state index in [0.29, 0.717) is 24.0 Å². The van der Waals surface area contributed by atoms with Crippen LogP contribution in [-0.4, -0.2) is 30.4 Å². The van der Waals surface area contributed by atoms with E-state index < -0.39 is 11.8 Å². The van der Waals surface area contributed by atoms with Gasteiger partial charge in [0.25, 0.3) is 0 Å². The molecule has 3 aromatic rings. The molecule has 0 aliphatic heterocycles. The second-order valence-corrected chi connectivity index (χ2v) is 8.46. The molecule has 0 unspecified atom stereocenters. The molecule has 1 N–H and O–H groups in total. The van der Waals surface area contributed by atoms with Gasteiger partial charge in [-0.1, -0.05) is 17.7 Å². The van der Waals surface area contributed by atoms with Crippen molar-refractivity contribution >= 4 is 44.5 Å². The van der Waals surface area contributed by atoms with Gasteiger partial charge in [0, 0.05) is 6.07 Å². The van der Waals surface area contributed by atoms with Crippen LogP contribution in [0.3, 0.4) is 0 Å². The van der Waals surface area contributed by atoms with E-state index in [0.717, 1.165) is 0 Å². The van der Waals surface area contributed by atoms with Crippen LogP contribution in [-0.2, 0) is 9.53 Å². The van der Waals surface area contributed by atoms with E-state index in [2.05, 4.69) is 15.9 Å². The molecular weight excluding hydrogens is 495 g/mol. The molecule has 1 aliphatic carbocycles. The zero-order valence-corrected chi connectivity index (χ0v) is 18.4. The van der Waals surface area contributed by atoms with Gasteiger partial charge in [0.2, 0.25) is 0 Å². The van der Waals surface area contributed by atoms with Crippen LogP contribution in [0.5, 0.6) is 5.75 Å². The number of para-hydroxylation sites is 1. The standard InChI is InChI=1S/C22H17BrClFO6/c23-15-9-19(30-5-4-29-12-6-11(7-12)22(27)28)14(8-17(15)25)20-10-18(26)13-2-1-3-16(24)21(13)31-20/h1-3,8-12H,4-7H2,(H,27,28)/t11-,12-. The van der Waals surface area contributed by atoms with Gasteiger partial charge in [-0.2, -0.15) is 0 Å². The highest BCUT2D eigenvalue weighted by molar-refractivity contribution is 9.10. The number of rotatable bonds is 7. The molecule has 0 radical (unpaired) electrons. The van der Waals surface area contributed by atoms with Gasteiger partial charge >= 0.3 is 5.97 Å². The Morgan fingerprint density at radius 1 is 1.26 bits per heavy atom. The molecule has 0 amide bonds. The maximum Gasteiger partial charge on any atom is 0.306 e. The highest BCUT2D eigenvalue weighted by atomic mass is 79.9. The van der Waals surface area contributed by atoms with E-state index in [1.54, 1.807) is 18.2 Å². The van der Waals surface area contributed by atoms with E-state index in [1.807, 2.05) is 0 Å².